The zero-order valence-electron chi connectivity index (χ0n) is 14.7. The summed E-state index contributed by atoms with van der Waals surface area (Å²) in [5.41, 5.74) is 2.82. The van der Waals surface area contributed by atoms with Crippen LogP contribution in [-0.2, 0) is 16.1 Å². The number of benzene rings is 1. The zero-order chi connectivity index (χ0) is 17.7. The summed E-state index contributed by atoms with van der Waals surface area (Å²) in [4.78, 5) is 36.6. The van der Waals surface area contributed by atoms with E-state index in [2.05, 4.69) is 25.2 Å². The average Bonchev–Trinajstić information content (AvgIpc) is 2.56. The van der Waals surface area contributed by atoms with Gasteiger partial charge < -0.3 is 0 Å². The highest BCUT2D eigenvalue weighted by Gasteiger charge is 2.30. The topological polar surface area (TPSA) is 66.5 Å². The second-order valence-corrected chi connectivity index (χ2v) is 6.47. The number of aldehydes is 1. The first-order valence-corrected chi connectivity index (χ1v) is 8.62. The van der Waals surface area contributed by atoms with Gasteiger partial charge in [0, 0.05) is 18.5 Å². The minimum absolute atomic E-state index is 0.214. The van der Waals surface area contributed by atoms with Crippen LogP contribution in [0.2, 0.25) is 0 Å². The molecule has 0 saturated carbocycles. The molecule has 1 fully saturated rings. The standard InChI is InChI=1S/C19H26N2O3/c1-4-13(5-2)14-6-7-15(12-22)16(10-14)11-21(3)17-8-9-18(23)20-19(17)24/h6-7,10,12-13,17H,4-5,8-9,11H2,1-3H3,(H,20,23,24). The number of hydrogen-bond donors (Lipinski definition) is 1. The molecule has 2 rings (SSSR count). The third kappa shape index (κ3) is 4.09. The molecular weight excluding hydrogens is 304 g/mol. The molecule has 1 aliphatic heterocycles. The van der Waals surface area contributed by atoms with E-state index in [1.165, 1.54) is 5.56 Å². The maximum atomic E-state index is 12.0. The molecule has 1 atom stereocenters. The van der Waals surface area contributed by atoms with Crippen LogP contribution in [0.25, 0.3) is 0 Å². The fraction of sp³-hybridized carbons (Fsp3) is 0.526. The van der Waals surface area contributed by atoms with E-state index in [0.29, 0.717) is 30.9 Å². The Morgan fingerprint density at radius 1 is 1.29 bits per heavy atom. The number of carbonyl (C=O) groups excluding carboxylic acids is 3. The number of imide groups is 1. The van der Waals surface area contributed by atoms with Gasteiger partial charge in [-0.2, -0.15) is 0 Å². The van der Waals surface area contributed by atoms with Gasteiger partial charge in [-0.25, -0.2) is 0 Å². The smallest absolute Gasteiger partial charge is 0.243 e. The highest BCUT2D eigenvalue weighted by molar-refractivity contribution is 6.00. The van der Waals surface area contributed by atoms with Gasteiger partial charge in [-0.3, -0.25) is 24.6 Å². The summed E-state index contributed by atoms with van der Waals surface area (Å²) in [6.45, 7) is 4.84. The molecule has 24 heavy (non-hydrogen) atoms. The van der Waals surface area contributed by atoms with Crippen molar-refractivity contribution in [2.24, 2.45) is 0 Å². The van der Waals surface area contributed by atoms with E-state index in [0.717, 1.165) is 24.7 Å². The SMILES string of the molecule is CCC(CC)c1ccc(C=O)c(CN(C)C2CCC(=O)NC2=O)c1. The van der Waals surface area contributed by atoms with Crippen LogP contribution >= 0.6 is 0 Å². The minimum atomic E-state index is -0.334. The molecule has 1 heterocycles. The van der Waals surface area contributed by atoms with E-state index >= 15 is 0 Å². The number of nitrogens with zero attached hydrogens (tertiary/aromatic N) is 1. The van der Waals surface area contributed by atoms with Crippen molar-refractivity contribution in [2.45, 2.75) is 58.0 Å². The largest absolute Gasteiger partial charge is 0.298 e. The number of amides is 2. The van der Waals surface area contributed by atoms with Gasteiger partial charge in [-0.15, -0.1) is 0 Å². The molecule has 0 aromatic heterocycles. The summed E-state index contributed by atoms with van der Waals surface area (Å²) >= 11 is 0. The Morgan fingerprint density at radius 3 is 2.58 bits per heavy atom. The Morgan fingerprint density at radius 2 is 2.00 bits per heavy atom. The normalized spacial score (nSPS) is 18.1. The summed E-state index contributed by atoms with van der Waals surface area (Å²) in [7, 11) is 1.86. The van der Waals surface area contributed by atoms with Crippen LogP contribution in [0.1, 0.15) is 66.9 Å². The molecule has 5 heteroatoms. The Balaban J connectivity index is 2.20. The van der Waals surface area contributed by atoms with Gasteiger partial charge in [0.2, 0.25) is 11.8 Å². The number of carbonyl (C=O) groups is 3. The van der Waals surface area contributed by atoms with Gasteiger partial charge in [0.25, 0.3) is 0 Å². The molecule has 1 aromatic carbocycles. The molecule has 1 N–H and O–H groups in total. The quantitative estimate of drug-likeness (QED) is 0.616. The van der Waals surface area contributed by atoms with Crippen molar-refractivity contribution >= 4 is 18.1 Å². The first-order valence-electron chi connectivity index (χ1n) is 8.62. The molecule has 0 spiro atoms. The van der Waals surface area contributed by atoms with E-state index in [-0.39, 0.29) is 17.9 Å². The molecule has 0 aliphatic carbocycles. The molecule has 1 unspecified atom stereocenters. The predicted molar refractivity (Wildman–Crippen MR) is 92.8 cm³/mol. The third-order valence-electron chi connectivity index (χ3n) is 4.91. The number of rotatable bonds is 7. The van der Waals surface area contributed by atoms with Crippen LogP contribution in [0, 0.1) is 0 Å². The Kier molecular flexibility index (Phi) is 6.26. The molecule has 1 saturated heterocycles. The lowest BCUT2D eigenvalue weighted by Crippen LogP contribution is -2.51. The van der Waals surface area contributed by atoms with Crippen molar-refractivity contribution in [3.8, 4) is 0 Å². The van der Waals surface area contributed by atoms with Crippen LogP contribution < -0.4 is 5.32 Å². The second kappa shape index (κ2) is 8.20. The lowest BCUT2D eigenvalue weighted by atomic mass is 9.91. The summed E-state index contributed by atoms with van der Waals surface area (Å²) in [6, 6.07) is 5.65. The third-order valence-corrected chi connectivity index (χ3v) is 4.91. The number of nitrogens with one attached hydrogen (secondary N) is 1. The number of hydrogen-bond acceptors (Lipinski definition) is 4. The van der Waals surface area contributed by atoms with E-state index in [9.17, 15) is 14.4 Å². The highest BCUT2D eigenvalue weighted by atomic mass is 16.2. The first kappa shape index (κ1) is 18.3. The molecule has 130 valence electrons. The van der Waals surface area contributed by atoms with Crippen molar-refractivity contribution < 1.29 is 14.4 Å². The molecule has 1 aliphatic rings. The lowest BCUT2D eigenvalue weighted by Gasteiger charge is -2.30. The summed E-state index contributed by atoms with van der Waals surface area (Å²) in [5.74, 6) is 0.0110. The second-order valence-electron chi connectivity index (χ2n) is 6.47. The van der Waals surface area contributed by atoms with Crippen LogP contribution in [0.15, 0.2) is 18.2 Å². The van der Waals surface area contributed by atoms with Gasteiger partial charge in [0.1, 0.15) is 6.29 Å². The van der Waals surface area contributed by atoms with Crippen LogP contribution in [0.4, 0.5) is 0 Å². The van der Waals surface area contributed by atoms with Gasteiger partial charge in [0.15, 0.2) is 0 Å². The summed E-state index contributed by atoms with van der Waals surface area (Å²) in [5, 5.41) is 2.38. The minimum Gasteiger partial charge on any atom is -0.298 e. The van der Waals surface area contributed by atoms with E-state index < -0.39 is 0 Å². The molecular formula is C19H26N2O3. The number of likely N-dealkylation sites (N-methyl/N-ethyl adjacent to an activating group) is 1. The highest BCUT2D eigenvalue weighted by Crippen LogP contribution is 2.26. The van der Waals surface area contributed by atoms with Gasteiger partial charge >= 0.3 is 0 Å². The fourth-order valence-electron chi connectivity index (χ4n) is 3.37. The Hall–Kier alpha value is -2.01. The van der Waals surface area contributed by atoms with E-state index in [4.69, 9.17) is 0 Å². The molecule has 5 nitrogen and oxygen atoms in total. The Bertz CT molecular complexity index is 623. The van der Waals surface area contributed by atoms with Crippen LogP contribution in [-0.4, -0.2) is 36.1 Å². The molecule has 2 amide bonds. The lowest BCUT2D eigenvalue weighted by molar-refractivity contribution is -0.137. The molecule has 0 radical (unpaired) electrons. The van der Waals surface area contributed by atoms with Gasteiger partial charge in [-0.05, 0) is 43.4 Å². The first-order chi connectivity index (χ1) is 11.5. The summed E-state index contributed by atoms with van der Waals surface area (Å²) < 4.78 is 0. The molecule has 0 bridgehead atoms. The van der Waals surface area contributed by atoms with Crippen LogP contribution in [0.3, 0.4) is 0 Å². The van der Waals surface area contributed by atoms with Crippen molar-refractivity contribution in [2.75, 3.05) is 7.05 Å². The monoisotopic (exact) mass is 330 g/mol. The zero-order valence-corrected chi connectivity index (χ0v) is 14.7. The maximum Gasteiger partial charge on any atom is 0.243 e. The fourth-order valence-corrected chi connectivity index (χ4v) is 3.37. The van der Waals surface area contributed by atoms with Crippen LogP contribution in [0.5, 0.6) is 0 Å². The van der Waals surface area contributed by atoms with Crippen molar-refractivity contribution in [1.82, 2.24) is 10.2 Å². The van der Waals surface area contributed by atoms with Crippen molar-refractivity contribution in [1.29, 1.82) is 0 Å². The van der Waals surface area contributed by atoms with E-state index in [1.807, 2.05) is 24.1 Å². The average molecular weight is 330 g/mol. The maximum absolute atomic E-state index is 12.0. The number of piperidine rings is 1. The Labute approximate surface area is 143 Å². The van der Waals surface area contributed by atoms with E-state index in [1.54, 1.807) is 0 Å². The van der Waals surface area contributed by atoms with Gasteiger partial charge in [0.05, 0.1) is 6.04 Å². The molecule has 1 aromatic rings. The van der Waals surface area contributed by atoms with Gasteiger partial charge in [-0.1, -0.05) is 32.0 Å². The van der Waals surface area contributed by atoms with Crippen molar-refractivity contribution in [3.05, 3.63) is 34.9 Å². The predicted octanol–water partition coefficient (Wildman–Crippen LogP) is 2.64. The summed E-state index contributed by atoms with van der Waals surface area (Å²) in [6.07, 6.45) is 3.85. The van der Waals surface area contributed by atoms with Crippen molar-refractivity contribution in [3.63, 3.8) is 0 Å².